The number of fused-ring (bicyclic) bond motifs is 3. The van der Waals surface area contributed by atoms with Crippen molar-refractivity contribution in [2.45, 2.75) is 86.2 Å². The van der Waals surface area contributed by atoms with Crippen LogP contribution in [-0.2, 0) is 0 Å². The fraction of sp³-hybridized carbons (Fsp3) is 0.419. The molecule has 214 valence electrons. The van der Waals surface area contributed by atoms with Gasteiger partial charge in [0.15, 0.2) is 0 Å². The molecule has 0 aliphatic carbocycles. The Kier molecular flexibility index (Phi) is 8.94. The molecule has 0 aromatic heterocycles. The molecule has 3 fully saturated rings. The maximum absolute atomic E-state index is 3.15. The number of hydrogen-bond donors (Lipinski definition) is 0. The molecular formula is C31H51N3Si5Sn. The monoisotopic (exact) mass is 725 g/mol. The first-order valence-corrected chi connectivity index (χ1v) is 35.9. The first kappa shape index (κ1) is 31.9. The Morgan fingerprint density at radius 1 is 0.450 bits per heavy atom. The van der Waals surface area contributed by atoms with Gasteiger partial charge in [0.2, 0.25) is 0 Å². The third-order valence-electron chi connectivity index (χ3n) is 9.82. The molecule has 3 heterocycles. The Hall–Kier alpha value is -1.06. The number of benzene rings is 3. The van der Waals surface area contributed by atoms with Gasteiger partial charge >= 0.3 is 232 Å². The normalized spacial score (nSPS) is 20.4. The van der Waals surface area contributed by atoms with E-state index in [4.69, 9.17) is 0 Å². The zero-order valence-electron chi connectivity index (χ0n) is 27.3. The molecule has 40 heavy (non-hydrogen) atoms. The Labute approximate surface area is 258 Å². The van der Waals surface area contributed by atoms with Crippen LogP contribution in [0.25, 0.3) is 0 Å². The van der Waals surface area contributed by atoms with Gasteiger partial charge in [-0.25, -0.2) is 0 Å². The van der Waals surface area contributed by atoms with Crippen molar-refractivity contribution in [3.05, 3.63) is 89.5 Å². The van der Waals surface area contributed by atoms with Gasteiger partial charge in [-0.1, -0.05) is 19.6 Å². The van der Waals surface area contributed by atoms with E-state index in [-0.39, 0.29) is 8.80 Å². The molecule has 3 aromatic rings. The van der Waals surface area contributed by atoms with Crippen molar-refractivity contribution in [3.63, 3.8) is 0 Å². The number of rotatable bonds is 3. The van der Waals surface area contributed by atoms with E-state index in [1.165, 1.54) is 33.8 Å². The van der Waals surface area contributed by atoms with E-state index in [9.17, 15) is 0 Å². The van der Waals surface area contributed by atoms with Crippen LogP contribution in [0.4, 0.5) is 17.1 Å². The van der Waals surface area contributed by atoms with Crippen LogP contribution in [0.2, 0.25) is 65.5 Å². The van der Waals surface area contributed by atoms with Gasteiger partial charge in [0.05, 0.1) is 0 Å². The topological polar surface area (TPSA) is 9.72 Å². The minimum atomic E-state index is -2.65. The Morgan fingerprint density at radius 2 is 0.650 bits per heavy atom. The number of hydrogen-bond acceptors (Lipinski definition) is 3. The van der Waals surface area contributed by atoms with Crippen LogP contribution in [0.15, 0.2) is 72.8 Å². The van der Waals surface area contributed by atoms with Crippen LogP contribution < -0.4 is 8.36 Å². The van der Waals surface area contributed by atoms with E-state index in [0.29, 0.717) is 0 Å². The van der Waals surface area contributed by atoms with E-state index < -0.39 is 50.5 Å². The third-order valence-corrected chi connectivity index (χ3v) is 108. The second-order valence-corrected chi connectivity index (χ2v) is 63.9. The summed E-state index contributed by atoms with van der Waals surface area (Å²) in [4.78, 5) is 0. The summed E-state index contributed by atoms with van der Waals surface area (Å²) in [6, 6.07) is 28.7. The maximum atomic E-state index is 3.15. The fourth-order valence-corrected chi connectivity index (χ4v) is 147. The Balaban J connectivity index is 0.000000867. The molecule has 0 saturated carbocycles. The first-order chi connectivity index (χ1) is 18.5. The first-order valence-electron chi connectivity index (χ1n) is 14.7. The van der Waals surface area contributed by atoms with E-state index in [1.807, 2.05) is 0 Å². The molecule has 3 aliphatic rings. The van der Waals surface area contributed by atoms with Gasteiger partial charge < -0.3 is 0 Å². The van der Waals surface area contributed by atoms with Crippen LogP contribution >= 0.6 is 0 Å². The number of nitrogens with zero attached hydrogens (tertiary/aromatic N) is 3. The summed E-state index contributed by atoms with van der Waals surface area (Å²) in [5, 5.41) is 0. The Morgan fingerprint density at radius 3 is 0.850 bits per heavy atom. The van der Waals surface area contributed by atoms with Crippen LogP contribution in [0, 0.1) is 20.8 Å². The molecular weight excluding hydrogens is 674 g/mol. The third kappa shape index (κ3) is 4.98. The van der Waals surface area contributed by atoms with Gasteiger partial charge in [0.25, 0.3) is 0 Å². The predicted molar refractivity (Wildman–Crippen MR) is 194 cm³/mol. The predicted octanol–water partition coefficient (Wildman–Crippen LogP) is 8.74. The molecule has 0 spiro atoms. The van der Waals surface area contributed by atoms with E-state index in [1.54, 1.807) is 0 Å². The SMILES string of the molecule is C[Si](C)C.Cc1ccc([N]2[Sn]3[N](c4ccc(C)cc4)[Si](C)(C)[Si](C)([Si]2(C)C)[Si](C)(C)[N]3c2ccc(C)cc2)cc1. The van der Waals surface area contributed by atoms with E-state index in [2.05, 4.69) is 167 Å². The standard InChI is InChI=1S/C28H42N3Si4.C3H9Si.Sn/c1-23-11-17-26(18-12-23)29-32(4,5)35(10,33(6,7)30-27-19-13-24(2)14-20-27)34(8,9)31-28-21-15-25(3)16-22-28;1-4(2)3;/h11-22H,1-10H3;1-3H3;/q-3;;+3. The summed E-state index contributed by atoms with van der Waals surface area (Å²) < 4.78 is 9.45. The van der Waals surface area contributed by atoms with Crippen LogP contribution in [0.3, 0.4) is 0 Å². The molecule has 9 heteroatoms. The van der Waals surface area contributed by atoms with E-state index >= 15 is 0 Å². The van der Waals surface area contributed by atoms with Gasteiger partial charge in [0, 0.05) is 8.80 Å². The van der Waals surface area contributed by atoms with Crippen LogP contribution in [0.5, 0.6) is 0 Å². The zero-order chi connectivity index (χ0) is 29.8. The van der Waals surface area contributed by atoms with E-state index in [0.717, 1.165) is 0 Å². The average Bonchev–Trinajstić information content (AvgIpc) is 2.85. The average molecular weight is 725 g/mol. The second kappa shape index (κ2) is 11.2. The van der Waals surface area contributed by atoms with Crippen molar-refractivity contribution in [1.82, 2.24) is 0 Å². The molecule has 3 nitrogen and oxygen atoms in total. The Bertz CT molecular complexity index is 1160. The van der Waals surface area contributed by atoms with Crippen LogP contribution in [0.1, 0.15) is 16.7 Å². The minimum absolute atomic E-state index is 0.120. The summed E-state index contributed by atoms with van der Waals surface area (Å²) in [5.41, 5.74) is 8.55. The summed E-state index contributed by atoms with van der Waals surface area (Å²) in [5.74, 6) is 0. The van der Waals surface area contributed by atoms with Crippen molar-refractivity contribution in [1.29, 1.82) is 0 Å². The molecule has 3 aromatic carbocycles. The quantitative estimate of drug-likeness (QED) is 0.250. The van der Waals surface area contributed by atoms with Crippen molar-refractivity contribution >= 4 is 76.3 Å². The summed E-state index contributed by atoms with van der Waals surface area (Å²) in [6.45, 7) is 31.3. The summed E-state index contributed by atoms with van der Waals surface area (Å²) in [6.07, 6.45) is 0. The van der Waals surface area contributed by atoms with Gasteiger partial charge in [-0.2, -0.15) is 0 Å². The zero-order valence-corrected chi connectivity index (χ0v) is 35.1. The summed E-state index contributed by atoms with van der Waals surface area (Å²) >= 11 is -2.65. The molecule has 0 unspecified atom stereocenters. The molecule has 6 rings (SSSR count). The van der Waals surface area contributed by atoms with Crippen molar-refractivity contribution in [3.8, 4) is 0 Å². The fourth-order valence-electron chi connectivity index (χ4n) is 7.36. The second-order valence-electron chi connectivity index (χ2n) is 14.1. The molecule has 3 saturated heterocycles. The molecule has 3 aliphatic heterocycles. The summed E-state index contributed by atoms with van der Waals surface area (Å²) in [7, 11) is -5.05. The van der Waals surface area contributed by atoms with Crippen molar-refractivity contribution in [2.24, 2.45) is 0 Å². The molecule has 2 radical (unpaired) electrons. The molecule has 0 amide bonds. The van der Waals surface area contributed by atoms with Gasteiger partial charge in [-0.15, -0.1) is 0 Å². The van der Waals surface area contributed by atoms with Crippen molar-refractivity contribution < 1.29 is 0 Å². The van der Waals surface area contributed by atoms with Gasteiger partial charge in [0.1, 0.15) is 0 Å². The van der Waals surface area contributed by atoms with Crippen molar-refractivity contribution in [2.75, 3.05) is 8.36 Å². The number of anilines is 3. The van der Waals surface area contributed by atoms with Gasteiger partial charge in [-0.3, -0.25) is 0 Å². The number of aryl methyl sites for hydroxylation is 3. The molecule has 2 bridgehead atoms. The van der Waals surface area contributed by atoms with Crippen LogP contribution in [-0.4, -0.2) is 59.3 Å². The molecule has 0 N–H and O–H groups in total. The molecule has 0 atom stereocenters. The van der Waals surface area contributed by atoms with Gasteiger partial charge in [-0.05, 0) is 0 Å².